The SMILES string of the molecule is COC(=O)c1csc(N2CCN(c3ccc(N4C[C@H](CNC(C)=O)OC4=O)cc3F)C=N2)n1. The van der Waals surface area contributed by atoms with Crippen LogP contribution in [-0.2, 0) is 14.3 Å². The van der Waals surface area contributed by atoms with Gasteiger partial charge in [-0.3, -0.25) is 9.69 Å². The summed E-state index contributed by atoms with van der Waals surface area (Å²) in [5.74, 6) is -1.27. The molecule has 4 rings (SSSR count). The summed E-state index contributed by atoms with van der Waals surface area (Å²) >= 11 is 1.26. The number of nitrogens with zero attached hydrogens (tertiary/aromatic N) is 5. The molecule has 33 heavy (non-hydrogen) atoms. The van der Waals surface area contributed by atoms with E-state index in [1.807, 2.05) is 0 Å². The number of aromatic nitrogens is 1. The molecule has 2 aliphatic rings. The molecule has 0 unspecified atom stereocenters. The molecule has 174 valence electrons. The van der Waals surface area contributed by atoms with Crippen molar-refractivity contribution in [3.05, 3.63) is 35.1 Å². The van der Waals surface area contributed by atoms with E-state index in [2.05, 4.69) is 20.1 Å². The van der Waals surface area contributed by atoms with Crippen LogP contribution in [-0.4, -0.2) is 68.7 Å². The topological polar surface area (TPSA) is 117 Å². The maximum Gasteiger partial charge on any atom is 0.414 e. The van der Waals surface area contributed by atoms with Crippen molar-refractivity contribution < 1.29 is 28.2 Å². The smallest absolute Gasteiger partial charge is 0.414 e. The Bertz CT molecular complexity index is 1110. The lowest BCUT2D eigenvalue weighted by atomic mass is 10.2. The maximum atomic E-state index is 14.9. The number of hydrazone groups is 1. The molecule has 1 saturated heterocycles. The van der Waals surface area contributed by atoms with Crippen LogP contribution in [0.2, 0.25) is 0 Å². The molecular formula is C20H21FN6O5S. The first-order chi connectivity index (χ1) is 15.9. The number of ether oxygens (including phenoxy) is 2. The second kappa shape index (κ2) is 9.40. The van der Waals surface area contributed by atoms with Crippen LogP contribution in [0.3, 0.4) is 0 Å². The Morgan fingerprint density at radius 3 is 2.85 bits per heavy atom. The van der Waals surface area contributed by atoms with Gasteiger partial charge in [0.2, 0.25) is 11.0 Å². The summed E-state index contributed by atoms with van der Waals surface area (Å²) in [6.45, 7) is 2.63. The van der Waals surface area contributed by atoms with E-state index in [1.165, 1.54) is 42.7 Å². The molecule has 1 atom stereocenters. The van der Waals surface area contributed by atoms with Gasteiger partial charge in [-0.05, 0) is 18.2 Å². The predicted molar refractivity (Wildman–Crippen MR) is 119 cm³/mol. The van der Waals surface area contributed by atoms with Crippen molar-refractivity contribution in [1.82, 2.24) is 10.3 Å². The third-order valence-electron chi connectivity index (χ3n) is 5.00. The summed E-state index contributed by atoms with van der Waals surface area (Å²) in [5, 5.41) is 10.6. The Balaban J connectivity index is 1.42. The normalized spacial score (nSPS) is 17.8. The number of nitrogens with one attached hydrogen (secondary N) is 1. The van der Waals surface area contributed by atoms with E-state index in [-0.39, 0.29) is 24.7 Å². The molecule has 0 bridgehead atoms. The fourth-order valence-electron chi connectivity index (χ4n) is 3.34. The number of carbonyl (C=O) groups is 3. The average molecular weight is 476 g/mol. The van der Waals surface area contributed by atoms with E-state index in [0.717, 1.165) is 0 Å². The minimum Gasteiger partial charge on any atom is -0.464 e. The van der Waals surface area contributed by atoms with Gasteiger partial charge in [0.1, 0.15) is 18.3 Å². The van der Waals surface area contributed by atoms with Gasteiger partial charge < -0.3 is 19.7 Å². The van der Waals surface area contributed by atoms with Gasteiger partial charge in [0.15, 0.2) is 5.69 Å². The molecule has 0 radical (unpaired) electrons. The van der Waals surface area contributed by atoms with Gasteiger partial charge in [-0.25, -0.2) is 24.0 Å². The van der Waals surface area contributed by atoms with Crippen molar-refractivity contribution in [2.45, 2.75) is 13.0 Å². The van der Waals surface area contributed by atoms with E-state index >= 15 is 0 Å². The van der Waals surface area contributed by atoms with E-state index in [4.69, 9.17) is 4.74 Å². The van der Waals surface area contributed by atoms with Gasteiger partial charge in [-0.2, -0.15) is 5.10 Å². The van der Waals surface area contributed by atoms with E-state index < -0.39 is 24.0 Å². The van der Waals surface area contributed by atoms with Gasteiger partial charge in [-0.15, -0.1) is 11.3 Å². The third kappa shape index (κ3) is 4.87. The molecule has 3 heterocycles. The molecule has 11 nitrogen and oxygen atoms in total. The number of esters is 1. The Kier molecular flexibility index (Phi) is 6.40. The Hall–Kier alpha value is -3.74. The highest BCUT2D eigenvalue weighted by atomic mass is 32.1. The van der Waals surface area contributed by atoms with E-state index in [1.54, 1.807) is 27.4 Å². The second-order valence-electron chi connectivity index (χ2n) is 7.24. The monoisotopic (exact) mass is 476 g/mol. The number of halogens is 1. The van der Waals surface area contributed by atoms with Crippen LogP contribution >= 0.6 is 11.3 Å². The summed E-state index contributed by atoms with van der Waals surface area (Å²) in [7, 11) is 1.29. The first-order valence-electron chi connectivity index (χ1n) is 10.00. The minimum absolute atomic E-state index is 0.194. The van der Waals surface area contributed by atoms with E-state index in [9.17, 15) is 18.8 Å². The van der Waals surface area contributed by atoms with Crippen LogP contribution in [0, 0.1) is 5.82 Å². The quantitative estimate of drug-likeness (QED) is 0.628. The van der Waals surface area contributed by atoms with Crippen LogP contribution in [0.15, 0.2) is 28.7 Å². The fourth-order valence-corrected chi connectivity index (χ4v) is 4.12. The highest BCUT2D eigenvalue weighted by Crippen LogP contribution is 2.29. The molecule has 1 aromatic heterocycles. The lowest BCUT2D eigenvalue weighted by Crippen LogP contribution is -2.38. The van der Waals surface area contributed by atoms with Crippen molar-refractivity contribution in [2.24, 2.45) is 5.10 Å². The van der Waals surface area contributed by atoms with Crippen molar-refractivity contribution in [3.63, 3.8) is 0 Å². The highest BCUT2D eigenvalue weighted by Gasteiger charge is 2.33. The highest BCUT2D eigenvalue weighted by molar-refractivity contribution is 7.13. The minimum atomic E-state index is -0.595. The number of cyclic esters (lactones) is 1. The number of carbonyl (C=O) groups excluding carboxylic acids is 3. The zero-order valence-corrected chi connectivity index (χ0v) is 18.7. The molecule has 0 saturated carbocycles. The summed E-state index contributed by atoms with van der Waals surface area (Å²) in [4.78, 5) is 42.0. The number of hydrogen-bond donors (Lipinski definition) is 1. The number of methoxy groups -OCH3 is 1. The molecule has 1 aromatic carbocycles. The van der Waals surface area contributed by atoms with Crippen LogP contribution < -0.4 is 20.1 Å². The van der Waals surface area contributed by atoms with Gasteiger partial charge in [0.05, 0.1) is 38.1 Å². The summed E-state index contributed by atoms with van der Waals surface area (Å²) in [6, 6.07) is 4.46. The molecule has 13 heteroatoms. The van der Waals surface area contributed by atoms with Crippen LogP contribution in [0.4, 0.5) is 25.7 Å². The standard InChI is InChI=1S/C20H21FN6O5S/c1-12(28)22-8-14-9-26(20(30)32-14)13-3-4-17(15(21)7-13)25-5-6-27(23-11-25)19-24-16(10-33-19)18(29)31-2/h3-4,7,10-11,14H,5-6,8-9H2,1-2H3,(H,22,28)/t14-/m0/s1. The molecule has 0 aliphatic carbocycles. The number of thiazole rings is 1. The van der Waals surface area contributed by atoms with Crippen molar-refractivity contribution in [3.8, 4) is 0 Å². The zero-order chi connectivity index (χ0) is 23.5. The van der Waals surface area contributed by atoms with E-state index in [0.29, 0.717) is 29.6 Å². The van der Waals surface area contributed by atoms with Crippen molar-refractivity contribution in [1.29, 1.82) is 0 Å². The maximum absolute atomic E-state index is 14.9. The third-order valence-corrected chi connectivity index (χ3v) is 5.85. The molecule has 1 N–H and O–H groups in total. The lowest BCUT2D eigenvalue weighted by Gasteiger charge is -2.29. The largest absolute Gasteiger partial charge is 0.464 e. The number of amides is 2. The fraction of sp³-hybridized carbons (Fsp3) is 0.350. The first-order valence-corrected chi connectivity index (χ1v) is 10.9. The van der Waals surface area contributed by atoms with Gasteiger partial charge in [0.25, 0.3) is 0 Å². The van der Waals surface area contributed by atoms with Gasteiger partial charge in [0, 0.05) is 18.8 Å². The number of anilines is 3. The molecule has 2 aliphatic heterocycles. The predicted octanol–water partition coefficient (Wildman–Crippen LogP) is 1.80. The van der Waals surface area contributed by atoms with Crippen LogP contribution in [0.1, 0.15) is 17.4 Å². The second-order valence-corrected chi connectivity index (χ2v) is 8.08. The number of rotatable bonds is 6. The Morgan fingerprint density at radius 2 is 2.18 bits per heavy atom. The summed E-state index contributed by atoms with van der Waals surface area (Å²) in [5.41, 5.74) is 0.871. The van der Waals surface area contributed by atoms with Crippen LogP contribution in [0.5, 0.6) is 0 Å². The lowest BCUT2D eigenvalue weighted by molar-refractivity contribution is -0.119. The summed E-state index contributed by atoms with van der Waals surface area (Å²) in [6.07, 6.45) is 0.381. The van der Waals surface area contributed by atoms with Gasteiger partial charge >= 0.3 is 12.1 Å². The molecule has 1 fully saturated rings. The molecule has 2 aromatic rings. The average Bonchev–Trinajstić information content (AvgIpc) is 3.44. The van der Waals surface area contributed by atoms with Crippen molar-refractivity contribution >= 4 is 52.2 Å². The van der Waals surface area contributed by atoms with Crippen molar-refractivity contribution in [2.75, 3.05) is 48.1 Å². The van der Waals surface area contributed by atoms with Gasteiger partial charge in [-0.1, -0.05) is 0 Å². The molecule has 2 amide bonds. The molecule has 0 spiro atoms. The number of hydrogen-bond acceptors (Lipinski definition) is 10. The Morgan fingerprint density at radius 1 is 1.36 bits per heavy atom. The number of benzene rings is 1. The van der Waals surface area contributed by atoms with Crippen LogP contribution in [0.25, 0.3) is 0 Å². The zero-order valence-electron chi connectivity index (χ0n) is 17.9. The molecular weight excluding hydrogens is 455 g/mol. The first kappa shape index (κ1) is 22.5. The Labute approximate surface area is 192 Å². The summed E-state index contributed by atoms with van der Waals surface area (Å²) < 4.78 is 24.8.